The van der Waals surface area contributed by atoms with E-state index in [2.05, 4.69) is 10.1 Å². The number of nitrogens with one attached hydrogen (secondary N) is 1. The van der Waals surface area contributed by atoms with Crippen molar-refractivity contribution in [3.8, 4) is 5.75 Å². The van der Waals surface area contributed by atoms with Gasteiger partial charge < -0.3 is 20.5 Å². The highest BCUT2D eigenvalue weighted by Crippen LogP contribution is 2.27. The minimum atomic E-state index is -0.756. The van der Waals surface area contributed by atoms with Crippen LogP contribution < -0.4 is 15.8 Å². The molecule has 1 aliphatic carbocycles. The fourth-order valence-electron chi connectivity index (χ4n) is 2.65. The highest BCUT2D eigenvalue weighted by atomic mass is 35.5. The minimum Gasteiger partial charge on any atom is -0.493 e. The Balaban J connectivity index is 0.00000288. The van der Waals surface area contributed by atoms with Crippen LogP contribution in [0, 0.1) is 0 Å². The summed E-state index contributed by atoms with van der Waals surface area (Å²) in [6.45, 7) is 0.254. The smallest absolute Gasteiger partial charge is 0.308 e. The molecule has 2 rings (SSSR count). The van der Waals surface area contributed by atoms with Gasteiger partial charge in [0.2, 0.25) is 5.91 Å². The van der Waals surface area contributed by atoms with E-state index >= 15 is 0 Å². The van der Waals surface area contributed by atoms with Gasteiger partial charge in [-0.2, -0.15) is 0 Å². The monoisotopic (exact) mass is 356 g/mol. The summed E-state index contributed by atoms with van der Waals surface area (Å²) in [6, 6.07) is 7.02. The van der Waals surface area contributed by atoms with Crippen LogP contribution in [0.4, 0.5) is 5.69 Å². The third-order valence-electron chi connectivity index (χ3n) is 4.11. The minimum absolute atomic E-state index is 0. The lowest BCUT2D eigenvalue weighted by molar-refractivity contribution is -0.141. The Morgan fingerprint density at radius 3 is 2.38 bits per heavy atom. The predicted octanol–water partition coefficient (Wildman–Crippen LogP) is 2.65. The molecule has 134 valence electrons. The Bertz CT molecular complexity index is 542. The van der Waals surface area contributed by atoms with Crippen LogP contribution in [0.3, 0.4) is 0 Å². The van der Waals surface area contributed by atoms with Crippen molar-refractivity contribution >= 4 is 30.0 Å². The van der Waals surface area contributed by atoms with Crippen molar-refractivity contribution in [3.63, 3.8) is 0 Å². The van der Waals surface area contributed by atoms with Crippen molar-refractivity contribution < 1.29 is 19.1 Å². The van der Waals surface area contributed by atoms with Gasteiger partial charge in [0.15, 0.2) is 0 Å². The predicted molar refractivity (Wildman–Crippen MR) is 94.5 cm³/mol. The van der Waals surface area contributed by atoms with Crippen LogP contribution in [0.25, 0.3) is 0 Å². The van der Waals surface area contributed by atoms with E-state index in [1.807, 2.05) is 0 Å². The first kappa shape index (κ1) is 20.3. The van der Waals surface area contributed by atoms with E-state index in [4.69, 9.17) is 10.5 Å². The van der Waals surface area contributed by atoms with Gasteiger partial charge in [-0.1, -0.05) is 19.3 Å². The number of nitrogens with two attached hydrogens (primary N) is 1. The zero-order valence-electron chi connectivity index (χ0n) is 13.9. The quantitative estimate of drug-likeness (QED) is 0.765. The molecular weight excluding hydrogens is 332 g/mol. The van der Waals surface area contributed by atoms with Gasteiger partial charge in [0.05, 0.1) is 25.7 Å². The second kappa shape index (κ2) is 9.49. The van der Waals surface area contributed by atoms with Crippen molar-refractivity contribution in [2.45, 2.75) is 44.1 Å². The van der Waals surface area contributed by atoms with E-state index in [0.29, 0.717) is 11.4 Å². The fraction of sp³-hybridized carbons (Fsp3) is 0.529. The van der Waals surface area contributed by atoms with Crippen LogP contribution in [0.1, 0.15) is 38.5 Å². The molecule has 0 aliphatic heterocycles. The maximum absolute atomic E-state index is 12.3. The molecule has 0 radical (unpaired) electrons. The second-order valence-electron chi connectivity index (χ2n) is 5.87. The largest absolute Gasteiger partial charge is 0.493 e. The molecule has 0 aromatic heterocycles. The third-order valence-corrected chi connectivity index (χ3v) is 4.11. The van der Waals surface area contributed by atoms with Gasteiger partial charge in [-0.05, 0) is 37.1 Å². The lowest BCUT2D eigenvalue weighted by Gasteiger charge is -2.31. The molecule has 3 N–H and O–H groups in total. The number of halogens is 1. The normalized spacial score (nSPS) is 15.8. The number of esters is 1. The highest BCUT2D eigenvalue weighted by molar-refractivity contribution is 5.98. The van der Waals surface area contributed by atoms with Gasteiger partial charge in [0, 0.05) is 5.69 Å². The van der Waals surface area contributed by atoms with Crippen LogP contribution in [0.5, 0.6) is 5.75 Å². The number of benzene rings is 1. The lowest BCUT2D eigenvalue weighted by atomic mass is 9.82. The van der Waals surface area contributed by atoms with Crippen LogP contribution >= 0.6 is 12.4 Å². The summed E-state index contributed by atoms with van der Waals surface area (Å²) < 4.78 is 9.98. The number of amides is 1. The molecular formula is C17H25ClN2O4. The first-order valence-electron chi connectivity index (χ1n) is 7.93. The van der Waals surface area contributed by atoms with E-state index in [0.717, 1.165) is 32.1 Å². The molecule has 1 aliphatic rings. The van der Waals surface area contributed by atoms with Crippen LogP contribution in [0.15, 0.2) is 24.3 Å². The molecule has 1 aromatic carbocycles. The summed E-state index contributed by atoms with van der Waals surface area (Å²) in [5, 5.41) is 2.87. The van der Waals surface area contributed by atoms with Crippen molar-refractivity contribution in [2.75, 3.05) is 19.0 Å². The van der Waals surface area contributed by atoms with E-state index in [1.165, 1.54) is 7.11 Å². The zero-order chi connectivity index (χ0) is 16.7. The van der Waals surface area contributed by atoms with Gasteiger partial charge in [-0.25, -0.2) is 0 Å². The van der Waals surface area contributed by atoms with Gasteiger partial charge >= 0.3 is 5.97 Å². The number of rotatable bonds is 6. The maximum atomic E-state index is 12.3. The molecule has 1 fully saturated rings. The lowest BCUT2D eigenvalue weighted by Crippen LogP contribution is -2.52. The molecule has 7 heteroatoms. The van der Waals surface area contributed by atoms with E-state index in [-0.39, 0.29) is 37.3 Å². The Kier molecular flexibility index (Phi) is 8.01. The van der Waals surface area contributed by atoms with Gasteiger partial charge in [-0.3, -0.25) is 9.59 Å². The SMILES string of the molecule is COC(=O)CCOc1ccc(NC(=O)C2(N)CCCCC2)cc1.Cl. The zero-order valence-corrected chi connectivity index (χ0v) is 14.7. The van der Waals surface area contributed by atoms with Gasteiger partial charge in [-0.15, -0.1) is 12.4 Å². The number of anilines is 1. The average molecular weight is 357 g/mol. The van der Waals surface area contributed by atoms with Crippen molar-refractivity contribution in [1.29, 1.82) is 0 Å². The first-order valence-corrected chi connectivity index (χ1v) is 7.93. The Labute approximate surface area is 148 Å². The van der Waals surface area contributed by atoms with Crippen LogP contribution in [0.2, 0.25) is 0 Å². The molecule has 0 unspecified atom stereocenters. The van der Waals surface area contributed by atoms with Gasteiger partial charge in [0.25, 0.3) is 0 Å². The number of hydrogen-bond acceptors (Lipinski definition) is 5. The first-order chi connectivity index (χ1) is 11.0. The number of methoxy groups -OCH3 is 1. The maximum Gasteiger partial charge on any atom is 0.308 e. The van der Waals surface area contributed by atoms with Crippen molar-refractivity contribution in [3.05, 3.63) is 24.3 Å². The number of ether oxygens (including phenoxy) is 2. The molecule has 1 amide bonds. The molecule has 0 saturated heterocycles. The second-order valence-corrected chi connectivity index (χ2v) is 5.87. The molecule has 6 nitrogen and oxygen atoms in total. The molecule has 0 heterocycles. The molecule has 0 spiro atoms. The summed E-state index contributed by atoms with van der Waals surface area (Å²) in [5.41, 5.74) is 6.14. The summed E-state index contributed by atoms with van der Waals surface area (Å²) in [6.07, 6.45) is 4.80. The molecule has 24 heavy (non-hydrogen) atoms. The van der Waals surface area contributed by atoms with Crippen molar-refractivity contribution in [2.24, 2.45) is 5.73 Å². The standard InChI is InChI=1S/C17H24N2O4.ClH/c1-22-15(20)9-12-23-14-7-5-13(6-8-14)19-16(21)17(18)10-3-2-4-11-17;/h5-8H,2-4,9-12,18H2,1H3,(H,19,21);1H. The van der Waals surface area contributed by atoms with Crippen molar-refractivity contribution in [1.82, 2.24) is 0 Å². The van der Waals surface area contributed by atoms with E-state index < -0.39 is 5.54 Å². The average Bonchev–Trinajstić information content (AvgIpc) is 2.57. The Hall–Kier alpha value is -1.79. The van der Waals surface area contributed by atoms with Gasteiger partial charge in [0.1, 0.15) is 5.75 Å². The Morgan fingerprint density at radius 2 is 1.79 bits per heavy atom. The number of carbonyl (C=O) groups is 2. The Morgan fingerprint density at radius 1 is 1.17 bits per heavy atom. The summed E-state index contributed by atoms with van der Waals surface area (Å²) >= 11 is 0. The molecule has 1 saturated carbocycles. The van der Waals surface area contributed by atoms with Crippen LogP contribution in [-0.2, 0) is 14.3 Å². The molecule has 0 atom stereocenters. The van der Waals surface area contributed by atoms with E-state index in [9.17, 15) is 9.59 Å². The van der Waals surface area contributed by atoms with E-state index in [1.54, 1.807) is 24.3 Å². The summed E-state index contributed by atoms with van der Waals surface area (Å²) in [5.74, 6) is 0.193. The third kappa shape index (κ3) is 5.69. The van der Waals surface area contributed by atoms with Crippen LogP contribution in [-0.4, -0.2) is 31.1 Å². The number of hydrogen-bond donors (Lipinski definition) is 2. The topological polar surface area (TPSA) is 90.6 Å². The fourth-order valence-corrected chi connectivity index (χ4v) is 2.65. The molecule has 0 bridgehead atoms. The highest BCUT2D eigenvalue weighted by Gasteiger charge is 2.35. The molecule has 1 aromatic rings. The number of carbonyl (C=O) groups excluding carboxylic acids is 2. The summed E-state index contributed by atoms with van der Waals surface area (Å²) in [4.78, 5) is 23.3. The summed E-state index contributed by atoms with van der Waals surface area (Å²) in [7, 11) is 1.34.